The van der Waals surface area contributed by atoms with E-state index in [1.54, 1.807) is 45.0 Å². The van der Waals surface area contributed by atoms with Crippen molar-refractivity contribution >= 4 is 28.7 Å². The molecule has 0 spiro atoms. The van der Waals surface area contributed by atoms with Crippen molar-refractivity contribution < 1.29 is 23.1 Å². The number of rotatable bonds is 5. The van der Waals surface area contributed by atoms with Gasteiger partial charge in [0.25, 0.3) is 5.91 Å². The average molecular weight is 540 g/mol. The van der Waals surface area contributed by atoms with Gasteiger partial charge in [-0.25, -0.2) is 14.0 Å². The molecule has 0 bridgehead atoms. The Morgan fingerprint density at radius 1 is 1.07 bits per heavy atom. The standard InChI is InChI=1S/C31H26FN3O5/c1-30(2,3)40-29(38)34-31(16-22-21-11-7-8-12-26(21)39-27(36)23(22)17-33)24-15-20(32)13-14-25(24)35(28(31)37)18-19-9-5-4-6-10-19/h4-15H,16,18H2,1-3H3,(H,34,38)/t31-/m1/s1. The van der Waals surface area contributed by atoms with E-state index in [4.69, 9.17) is 9.15 Å². The molecule has 0 aliphatic carbocycles. The predicted octanol–water partition coefficient (Wildman–Crippen LogP) is 5.31. The van der Waals surface area contributed by atoms with Crippen LogP contribution in [0.2, 0.25) is 0 Å². The van der Waals surface area contributed by atoms with Gasteiger partial charge in [-0.1, -0.05) is 48.5 Å². The lowest BCUT2D eigenvalue weighted by Gasteiger charge is -2.32. The number of carbonyl (C=O) groups excluding carboxylic acids is 2. The largest absolute Gasteiger partial charge is 0.444 e. The third-order valence-corrected chi connectivity index (χ3v) is 6.69. The van der Waals surface area contributed by atoms with Crippen LogP contribution in [0, 0.1) is 17.1 Å². The summed E-state index contributed by atoms with van der Waals surface area (Å²) in [7, 11) is 0. The number of nitrogens with zero attached hydrogens (tertiary/aromatic N) is 2. The highest BCUT2D eigenvalue weighted by Crippen LogP contribution is 2.44. The molecule has 40 heavy (non-hydrogen) atoms. The molecule has 3 aromatic carbocycles. The van der Waals surface area contributed by atoms with Crippen LogP contribution in [0.25, 0.3) is 11.0 Å². The summed E-state index contributed by atoms with van der Waals surface area (Å²) < 4.78 is 25.7. The van der Waals surface area contributed by atoms with E-state index >= 15 is 0 Å². The van der Waals surface area contributed by atoms with Crippen LogP contribution in [0.5, 0.6) is 0 Å². The van der Waals surface area contributed by atoms with Gasteiger partial charge in [-0.3, -0.25) is 4.79 Å². The van der Waals surface area contributed by atoms with Gasteiger partial charge in [0.2, 0.25) is 0 Å². The van der Waals surface area contributed by atoms with Crippen LogP contribution in [-0.4, -0.2) is 17.6 Å². The van der Waals surface area contributed by atoms with Crippen LogP contribution in [0.4, 0.5) is 14.9 Å². The number of anilines is 1. The van der Waals surface area contributed by atoms with Crippen LogP contribution in [0.1, 0.15) is 43.0 Å². The van der Waals surface area contributed by atoms with Gasteiger partial charge >= 0.3 is 11.7 Å². The minimum absolute atomic E-state index is 0.138. The van der Waals surface area contributed by atoms with E-state index in [0.29, 0.717) is 11.1 Å². The van der Waals surface area contributed by atoms with Crippen LogP contribution >= 0.6 is 0 Å². The zero-order valence-electron chi connectivity index (χ0n) is 22.2. The number of carbonyl (C=O) groups is 2. The summed E-state index contributed by atoms with van der Waals surface area (Å²) in [5.74, 6) is -1.19. The monoisotopic (exact) mass is 539 g/mol. The van der Waals surface area contributed by atoms with E-state index in [-0.39, 0.29) is 35.2 Å². The first kappa shape index (κ1) is 26.6. The first-order valence-corrected chi connectivity index (χ1v) is 12.6. The lowest BCUT2D eigenvalue weighted by molar-refractivity contribution is -0.124. The third kappa shape index (κ3) is 4.80. The van der Waals surface area contributed by atoms with Gasteiger partial charge in [0, 0.05) is 17.4 Å². The summed E-state index contributed by atoms with van der Waals surface area (Å²) in [5.41, 5.74) is -2.22. The average Bonchev–Trinajstić information content (AvgIpc) is 3.10. The van der Waals surface area contributed by atoms with Crippen molar-refractivity contribution in [1.29, 1.82) is 5.26 Å². The van der Waals surface area contributed by atoms with E-state index in [1.165, 1.54) is 23.1 Å². The van der Waals surface area contributed by atoms with E-state index < -0.39 is 34.6 Å². The summed E-state index contributed by atoms with van der Waals surface area (Å²) in [6.45, 7) is 5.16. The molecule has 0 saturated carbocycles. The molecule has 2 amide bonds. The Balaban J connectivity index is 1.75. The lowest BCUT2D eigenvalue weighted by Crippen LogP contribution is -2.55. The van der Waals surface area contributed by atoms with Gasteiger partial charge in [-0.15, -0.1) is 0 Å². The third-order valence-electron chi connectivity index (χ3n) is 6.69. The highest BCUT2D eigenvalue weighted by molar-refractivity contribution is 6.09. The molecule has 5 rings (SSSR count). The Morgan fingerprint density at radius 3 is 2.48 bits per heavy atom. The molecule has 8 nitrogen and oxygen atoms in total. The number of amides is 2. The van der Waals surface area contributed by atoms with Crippen molar-refractivity contribution in [3.63, 3.8) is 0 Å². The number of hydrogen-bond acceptors (Lipinski definition) is 6. The molecule has 0 saturated heterocycles. The van der Waals surface area contributed by atoms with E-state index in [1.807, 2.05) is 36.4 Å². The number of nitriles is 1. The molecule has 1 aliphatic rings. The number of nitrogens with one attached hydrogen (secondary N) is 1. The van der Waals surface area contributed by atoms with Crippen LogP contribution in [-0.2, 0) is 28.0 Å². The van der Waals surface area contributed by atoms with Crippen molar-refractivity contribution in [2.45, 2.75) is 44.9 Å². The molecule has 9 heteroatoms. The maximum Gasteiger partial charge on any atom is 0.408 e. The maximum atomic E-state index is 14.8. The molecule has 0 fully saturated rings. The number of hydrogen-bond donors (Lipinski definition) is 1. The Bertz CT molecular complexity index is 1740. The topological polar surface area (TPSA) is 113 Å². The van der Waals surface area contributed by atoms with Gasteiger partial charge in [-0.05, 0) is 56.2 Å². The summed E-state index contributed by atoms with van der Waals surface area (Å²) in [6, 6.07) is 21.6. The molecule has 4 aromatic rings. The fourth-order valence-corrected chi connectivity index (χ4v) is 5.05. The highest BCUT2D eigenvalue weighted by Gasteiger charge is 2.53. The summed E-state index contributed by atoms with van der Waals surface area (Å²) in [4.78, 5) is 42.0. The molecule has 1 N–H and O–H groups in total. The fourth-order valence-electron chi connectivity index (χ4n) is 5.05. The van der Waals surface area contributed by atoms with E-state index in [0.717, 1.165) is 5.56 Å². The molecular formula is C31H26FN3O5. The second-order valence-electron chi connectivity index (χ2n) is 10.6. The smallest absolute Gasteiger partial charge is 0.408 e. The number of fused-ring (bicyclic) bond motifs is 2. The quantitative estimate of drug-likeness (QED) is 0.344. The van der Waals surface area contributed by atoms with Gasteiger partial charge in [0.15, 0.2) is 5.54 Å². The molecular weight excluding hydrogens is 513 g/mol. The second kappa shape index (κ2) is 9.97. The number of halogens is 1. The fraction of sp³-hybridized carbons (Fsp3) is 0.226. The number of alkyl carbamates (subject to hydrolysis) is 1. The molecule has 2 heterocycles. The van der Waals surface area contributed by atoms with E-state index in [9.17, 15) is 24.0 Å². The molecule has 202 valence electrons. The minimum Gasteiger partial charge on any atom is -0.444 e. The van der Waals surface area contributed by atoms with Crippen LogP contribution < -0.4 is 15.8 Å². The summed E-state index contributed by atoms with van der Waals surface area (Å²) in [5, 5.41) is 13.1. The van der Waals surface area contributed by atoms with Crippen molar-refractivity contribution in [2.24, 2.45) is 0 Å². The summed E-state index contributed by atoms with van der Waals surface area (Å²) in [6.07, 6.45) is -1.25. The van der Waals surface area contributed by atoms with Crippen molar-refractivity contribution in [3.05, 3.63) is 111 Å². The number of para-hydroxylation sites is 1. The van der Waals surface area contributed by atoms with E-state index in [2.05, 4.69) is 5.32 Å². The van der Waals surface area contributed by atoms with Crippen molar-refractivity contribution in [3.8, 4) is 6.07 Å². The van der Waals surface area contributed by atoms with Gasteiger partial charge < -0.3 is 19.4 Å². The highest BCUT2D eigenvalue weighted by atomic mass is 19.1. The lowest BCUT2D eigenvalue weighted by atomic mass is 9.82. The Morgan fingerprint density at radius 2 is 1.77 bits per heavy atom. The Kier molecular flexibility index (Phi) is 6.64. The van der Waals surface area contributed by atoms with Crippen molar-refractivity contribution in [1.82, 2.24) is 5.32 Å². The van der Waals surface area contributed by atoms with Crippen molar-refractivity contribution in [2.75, 3.05) is 4.90 Å². The van der Waals surface area contributed by atoms with Gasteiger partial charge in [0.05, 0.1) is 12.2 Å². The molecule has 1 aromatic heterocycles. The SMILES string of the molecule is CC(C)(C)OC(=O)N[C@@]1(Cc2c(C#N)c(=O)oc3ccccc23)C(=O)N(Cc2ccccc2)c2ccc(F)cc21. The van der Waals surface area contributed by atoms with Crippen LogP contribution in [0.15, 0.2) is 82.0 Å². The zero-order valence-corrected chi connectivity index (χ0v) is 22.2. The number of benzene rings is 3. The Labute approximate surface area is 229 Å². The van der Waals surface area contributed by atoms with Gasteiger partial charge in [0.1, 0.15) is 28.6 Å². The Hall–Kier alpha value is -4.97. The molecule has 0 unspecified atom stereocenters. The number of ether oxygens (including phenoxy) is 1. The molecule has 1 atom stereocenters. The first-order valence-electron chi connectivity index (χ1n) is 12.6. The molecule has 0 radical (unpaired) electrons. The predicted molar refractivity (Wildman–Crippen MR) is 146 cm³/mol. The van der Waals surface area contributed by atoms with Crippen LogP contribution in [0.3, 0.4) is 0 Å². The normalized spacial score (nSPS) is 16.5. The maximum absolute atomic E-state index is 14.8. The summed E-state index contributed by atoms with van der Waals surface area (Å²) >= 11 is 0. The zero-order chi connectivity index (χ0) is 28.7. The van der Waals surface area contributed by atoms with Gasteiger partial charge in [-0.2, -0.15) is 5.26 Å². The molecule has 1 aliphatic heterocycles. The minimum atomic E-state index is -1.91. The first-order chi connectivity index (χ1) is 19.0. The second-order valence-corrected chi connectivity index (χ2v) is 10.6.